The van der Waals surface area contributed by atoms with Crippen molar-refractivity contribution in [2.45, 2.75) is 37.0 Å². The van der Waals surface area contributed by atoms with Crippen LogP contribution in [0.1, 0.15) is 37.4 Å². The van der Waals surface area contributed by atoms with Crippen LogP contribution in [0, 0.1) is 11.8 Å². The lowest BCUT2D eigenvalue weighted by atomic mass is 10.1. The first-order chi connectivity index (χ1) is 14.4. The summed E-state index contributed by atoms with van der Waals surface area (Å²) >= 11 is 0. The first-order valence-corrected chi connectivity index (χ1v) is 11.3. The van der Waals surface area contributed by atoms with Crippen LogP contribution >= 0.6 is 0 Å². The molecule has 11 heteroatoms. The molecular formula is C19H23N7O3S. The maximum Gasteiger partial charge on any atom is 0.246 e. The number of fused-ring (bicyclic) bond motifs is 1. The molecule has 0 spiro atoms. The lowest BCUT2D eigenvalue weighted by Crippen LogP contribution is -2.40. The molecule has 30 heavy (non-hydrogen) atoms. The SMILES string of the molecule is C=CC(=O)N1CCC[C@@H](n2nc(C#CCNS(=O)(=O)C3CC3)c3c(N)ncnc32)C1. The van der Waals surface area contributed by atoms with Crippen molar-refractivity contribution < 1.29 is 13.2 Å². The largest absolute Gasteiger partial charge is 0.383 e. The molecule has 0 radical (unpaired) electrons. The van der Waals surface area contributed by atoms with Gasteiger partial charge in [0.25, 0.3) is 0 Å². The summed E-state index contributed by atoms with van der Waals surface area (Å²) in [5.41, 5.74) is 6.99. The summed E-state index contributed by atoms with van der Waals surface area (Å²) in [5, 5.41) is 4.83. The van der Waals surface area contributed by atoms with E-state index in [4.69, 9.17) is 5.73 Å². The number of hydrogen-bond acceptors (Lipinski definition) is 7. The van der Waals surface area contributed by atoms with Crippen molar-refractivity contribution in [1.29, 1.82) is 0 Å². The molecule has 3 heterocycles. The minimum atomic E-state index is -3.29. The number of likely N-dealkylation sites (tertiary alicyclic amines) is 1. The Kier molecular flexibility index (Phi) is 5.44. The van der Waals surface area contributed by atoms with E-state index in [0.717, 1.165) is 12.8 Å². The molecule has 1 aliphatic heterocycles. The number of anilines is 1. The summed E-state index contributed by atoms with van der Waals surface area (Å²) in [7, 11) is -3.29. The van der Waals surface area contributed by atoms with Gasteiger partial charge in [-0.25, -0.2) is 27.8 Å². The third-order valence-electron chi connectivity index (χ3n) is 5.28. The molecule has 1 atom stereocenters. The van der Waals surface area contributed by atoms with Crippen LogP contribution < -0.4 is 10.5 Å². The summed E-state index contributed by atoms with van der Waals surface area (Å²) in [6.45, 7) is 4.70. The predicted molar refractivity (Wildman–Crippen MR) is 112 cm³/mol. The molecule has 0 bridgehead atoms. The second-order valence-electron chi connectivity index (χ2n) is 7.40. The molecule has 4 rings (SSSR count). The standard InChI is InChI=1S/C19H23N7O3S/c1-2-16(27)25-10-4-5-13(11-25)26-19-17(18(20)21-12-22-19)15(24-26)6-3-9-23-30(28,29)14-7-8-14/h2,12-14,23H,1,4-5,7-11H2,(H2,20,21,22)/t13-/m1/s1. The van der Waals surface area contributed by atoms with Crippen molar-refractivity contribution in [3.05, 3.63) is 24.7 Å². The second kappa shape index (κ2) is 8.04. The highest BCUT2D eigenvalue weighted by molar-refractivity contribution is 7.90. The Balaban J connectivity index is 1.61. The molecule has 0 aromatic carbocycles. The molecule has 2 aromatic rings. The number of hydrogen-bond donors (Lipinski definition) is 2. The van der Waals surface area contributed by atoms with Crippen molar-refractivity contribution in [3.63, 3.8) is 0 Å². The predicted octanol–water partition coefficient (Wildman–Crippen LogP) is 0.191. The van der Waals surface area contributed by atoms with Crippen LogP contribution in [0.5, 0.6) is 0 Å². The number of nitrogen functional groups attached to an aromatic ring is 1. The molecule has 2 fully saturated rings. The van der Waals surface area contributed by atoms with Gasteiger partial charge in [0, 0.05) is 13.1 Å². The molecule has 158 valence electrons. The molecule has 0 unspecified atom stereocenters. The van der Waals surface area contributed by atoms with Crippen LogP contribution in [0.25, 0.3) is 11.0 Å². The van der Waals surface area contributed by atoms with Gasteiger partial charge in [0.15, 0.2) is 5.65 Å². The molecule has 1 saturated carbocycles. The van der Waals surface area contributed by atoms with Crippen molar-refractivity contribution in [2.24, 2.45) is 0 Å². The van der Waals surface area contributed by atoms with Gasteiger partial charge >= 0.3 is 0 Å². The molecule has 3 N–H and O–H groups in total. The molecule has 10 nitrogen and oxygen atoms in total. The Morgan fingerprint density at radius 3 is 2.90 bits per heavy atom. The van der Waals surface area contributed by atoms with Crippen LogP contribution in [-0.4, -0.2) is 63.9 Å². The van der Waals surface area contributed by atoms with E-state index in [1.807, 2.05) is 0 Å². The highest BCUT2D eigenvalue weighted by Gasteiger charge is 2.35. The minimum Gasteiger partial charge on any atom is -0.383 e. The number of sulfonamides is 1. The number of nitrogens with two attached hydrogens (primary N) is 1. The quantitative estimate of drug-likeness (QED) is 0.511. The topological polar surface area (TPSA) is 136 Å². The van der Waals surface area contributed by atoms with E-state index in [9.17, 15) is 13.2 Å². The van der Waals surface area contributed by atoms with Gasteiger partial charge < -0.3 is 10.6 Å². The lowest BCUT2D eigenvalue weighted by molar-refractivity contribution is -0.127. The Morgan fingerprint density at radius 2 is 2.17 bits per heavy atom. The molecule has 1 saturated heterocycles. The number of amides is 1. The van der Waals surface area contributed by atoms with Gasteiger partial charge in [0.2, 0.25) is 15.9 Å². The van der Waals surface area contributed by atoms with E-state index < -0.39 is 10.0 Å². The first kappa shape index (κ1) is 20.3. The van der Waals surface area contributed by atoms with Crippen LogP contribution in [-0.2, 0) is 14.8 Å². The van der Waals surface area contributed by atoms with Crippen LogP contribution in [0.3, 0.4) is 0 Å². The van der Waals surface area contributed by atoms with E-state index in [1.54, 1.807) is 9.58 Å². The van der Waals surface area contributed by atoms with Crippen LogP contribution in [0.15, 0.2) is 19.0 Å². The van der Waals surface area contributed by atoms with Gasteiger partial charge in [-0.1, -0.05) is 12.5 Å². The van der Waals surface area contributed by atoms with E-state index in [2.05, 4.69) is 38.2 Å². The summed E-state index contributed by atoms with van der Waals surface area (Å²) in [6.07, 6.45) is 5.72. The number of carbonyl (C=O) groups excluding carboxylic acids is 1. The fraction of sp³-hybridized carbons (Fsp3) is 0.474. The average Bonchev–Trinajstić information content (AvgIpc) is 3.54. The first-order valence-electron chi connectivity index (χ1n) is 9.78. The van der Waals surface area contributed by atoms with Crippen molar-refractivity contribution in [3.8, 4) is 11.8 Å². The van der Waals surface area contributed by atoms with E-state index in [-0.39, 0.29) is 29.6 Å². The third kappa shape index (κ3) is 4.01. The highest BCUT2D eigenvalue weighted by Crippen LogP contribution is 2.28. The summed E-state index contributed by atoms with van der Waals surface area (Å²) in [4.78, 5) is 22.1. The third-order valence-corrected chi connectivity index (χ3v) is 7.17. The van der Waals surface area contributed by atoms with Gasteiger partial charge in [0.1, 0.15) is 17.8 Å². The summed E-state index contributed by atoms with van der Waals surface area (Å²) in [5.74, 6) is 5.84. The van der Waals surface area contributed by atoms with Gasteiger partial charge in [-0.05, 0) is 37.7 Å². The number of aromatic nitrogens is 4. The lowest BCUT2D eigenvalue weighted by Gasteiger charge is -2.32. The zero-order valence-electron chi connectivity index (χ0n) is 16.4. The zero-order chi connectivity index (χ0) is 21.3. The van der Waals surface area contributed by atoms with E-state index in [1.165, 1.54) is 12.4 Å². The fourth-order valence-corrected chi connectivity index (χ4v) is 4.85. The van der Waals surface area contributed by atoms with Gasteiger partial charge in [0.05, 0.1) is 23.2 Å². The summed E-state index contributed by atoms with van der Waals surface area (Å²) in [6, 6.07) is -0.0802. The van der Waals surface area contributed by atoms with Crippen LogP contribution in [0.2, 0.25) is 0 Å². The second-order valence-corrected chi connectivity index (χ2v) is 9.45. The van der Waals surface area contributed by atoms with Gasteiger partial charge in [-0.3, -0.25) is 4.79 Å². The fourth-order valence-electron chi connectivity index (χ4n) is 3.58. The summed E-state index contributed by atoms with van der Waals surface area (Å²) < 4.78 is 28.1. The smallest absolute Gasteiger partial charge is 0.246 e. The molecule has 2 aliphatic rings. The number of piperidine rings is 1. The maximum absolute atomic E-state index is 12.0. The zero-order valence-corrected chi connectivity index (χ0v) is 17.2. The van der Waals surface area contributed by atoms with Crippen molar-refractivity contribution in [2.75, 3.05) is 25.4 Å². The molecule has 2 aromatic heterocycles. The van der Waals surface area contributed by atoms with E-state index in [0.29, 0.717) is 42.7 Å². The Bertz CT molecular complexity index is 1160. The monoisotopic (exact) mass is 429 g/mol. The molecule has 1 aliphatic carbocycles. The minimum absolute atomic E-state index is 0.00811. The number of nitrogens with zero attached hydrogens (tertiary/aromatic N) is 5. The normalized spacial score (nSPS) is 19.3. The Morgan fingerprint density at radius 1 is 1.37 bits per heavy atom. The van der Waals surface area contributed by atoms with Gasteiger partial charge in [-0.15, -0.1) is 0 Å². The molecular weight excluding hydrogens is 406 g/mol. The molecule has 1 amide bonds. The highest BCUT2D eigenvalue weighted by atomic mass is 32.2. The van der Waals surface area contributed by atoms with Crippen LogP contribution in [0.4, 0.5) is 5.82 Å². The van der Waals surface area contributed by atoms with Gasteiger partial charge in [-0.2, -0.15) is 5.10 Å². The maximum atomic E-state index is 12.0. The van der Waals surface area contributed by atoms with E-state index >= 15 is 0 Å². The van der Waals surface area contributed by atoms with Crippen molar-refractivity contribution >= 4 is 32.8 Å². The number of nitrogens with one attached hydrogen (secondary N) is 1. The Labute approximate surface area is 174 Å². The number of carbonyl (C=O) groups is 1. The number of rotatable bonds is 5. The average molecular weight is 430 g/mol. The van der Waals surface area contributed by atoms with Crippen molar-refractivity contribution in [1.82, 2.24) is 29.4 Å². The Hall–Kier alpha value is -2.97.